The second-order valence-electron chi connectivity index (χ2n) is 4.17. The lowest BCUT2D eigenvalue weighted by Gasteiger charge is -2.26. The van der Waals surface area contributed by atoms with Gasteiger partial charge in [-0.2, -0.15) is 0 Å². The molecule has 0 aliphatic heterocycles. The third-order valence-electron chi connectivity index (χ3n) is 2.83. The molecular formula is C9H17NO3S. The van der Waals surface area contributed by atoms with Crippen LogP contribution in [-0.4, -0.2) is 20.0 Å². The van der Waals surface area contributed by atoms with Crippen molar-refractivity contribution in [3.05, 3.63) is 0 Å². The van der Waals surface area contributed by atoms with Crippen molar-refractivity contribution in [1.29, 1.82) is 0 Å². The van der Waals surface area contributed by atoms with E-state index < -0.39 is 10.0 Å². The number of primary sulfonamides is 1. The molecule has 0 saturated heterocycles. The Morgan fingerprint density at radius 2 is 2.07 bits per heavy atom. The van der Waals surface area contributed by atoms with Crippen molar-refractivity contribution in [2.45, 2.75) is 32.6 Å². The maximum absolute atomic E-state index is 11.1. The summed E-state index contributed by atoms with van der Waals surface area (Å²) in [5.74, 6) is 0.323. The standard InChI is InChI=1S/C9H17NO3S/c1-7(11)9-4-2-3-8(5-9)6-14(10,12)13/h8-9H,2-6H2,1H3,(H2,10,12,13). The molecule has 1 rings (SSSR count). The largest absolute Gasteiger partial charge is 0.300 e. The summed E-state index contributed by atoms with van der Waals surface area (Å²) >= 11 is 0. The van der Waals surface area contributed by atoms with Crippen LogP contribution in [0.25, 0.3) is 0 Å². The number of carbonyl (C=O) groups excluding carboxylic acids is 1. The molecular weight excluding hydrogens is 202 g/mol. The fourth-order valence-electron chi connectivity index (χ4n) is 2.14. The first-order valence-electron chi connectivity index (χ1n) is 4.89. The Morgan fingerprint density at radius 3 is 2.57 bits per heavy atom. The maximum Gasteiger partial charge on any atom is 0.209 e. The Labute approximate surface area is 84.9 Å². The summed E-state index contributed by atoms with van der Waals surface area (Å²) in [6.07, 6.45) is 3.40. The van der Waals surface area contributed by atoms with Crippen LogP contribution in [0.4, 0.5) is 0 Å². The van der Waals surface area contributed by atoms with Crippen LogP contribution in [-0.2, 0) is 14.8 Å². The lowest BCUT2D eigenvalue weighted by atomic mass is 9.80. The van der Waals surface area contributed by atoms with Gasteiger partial charge in [0.25, 0.3) is 0 Å². The zero-order valence-electron chi connectivity index (χ0n) is 8.40. The molecule has 5 heteroatoms. The highest BCUT2D eigenvalue weighted by Crippen LogP contribution is 2.30. The Bertz CT molecular complexity index is 310. The molecule has 2 N–H and O–H groups in total. The molecule has 0 radical (unpaired) electrons. The quantitative estimate of drug-likeness (QED) is 0.757. The summed E-state index contributed by atoms with van der Waals surface area (Å²) in [7, 11) is -3.38. The number of nitrogens with two attached hydrogens (primary N) is 1. The van der Waals surface area contributed by atoms with Crippen LogP contribution in [0.5, 0.6) is 0 Å². The van der Waals surface area contributed by atoms with E-state index in [2.05, 4.69) is 0 Å². The van der Waals surface area contributed by atoms with Crippen molar-refractivity contribution in [1.82, 2.24) is 0 Å². The van der Waals surface area contributed by atoms with E-state index in [1.165, 1.54) is 0 Å². The van der Waals surface area contributed by atoms with Crippen LogP contribution < -0.4 is 5.14 Å². The highest BCUT2D eigenvalue weighted by atomic mass is 32.2. The first-order chi connectivity index (χ1) is 6.38. The molecule has 0 heterocycles. The minimum absolute atomic E-state index is 0.0246. The van der Waals surface area contributed by atoms with Gasteiger partial charge >= 0.3 is 0 Å². The molecule has 2 unspecified atom stereocenters. The zero-order chi connectivity index (χ0) is 10.8. The Kier molecular flexibility index (Phi) is 3.66. The van der Waals surface area contributed by atoms with Crippen molar-refractivity contribution >= 4 is 15.8 Å². The molecule has 4 nitrogen and oxygen atoms in total. The van der Waals surface area contributed by atoms with Gasteiger partial charge in [-0.05, 0) is 32.1 Å². The van der Waals surface area contributed by atoms with Crippen molar-refractivity contribution < 1.29 is 13.2 Å². The average molecular weight is 219 g/mol. The number of rotatable bonds is 3. The van der Waals surface area contributed by atoms with Gasteiger partial charge < -0.3 is 0 Å². The number of carbonyl (C=O) groups is 1. The van der Waals surface area contributed by atoms with Crippen LogP contribution >= 0.6 is 0 Å². The van der Waals surface area contributed by atoms with E-state index in [4.69, 9.17) is 5.14 Å². The van der Waals surface area contributed by atoms with E-state index in [0.717, 1.165) is 19.3 Å². The van der Waals surface area contributed by atoms with Gasteiger partial charge in [0.1, 0.15) is 5.78 Å². The van der Waals surface area contributed by atoms with Crippen molar-refractivity contribution in [2.75, 3.05) is 5.75 Å². The lowest BCUT2D eigenvalue weighted by Crippen LogP contribution is -2.29. The maximum atomic E-state index is 11.1. The molecule has 0 bridgehead atoms. The molecule has 0 spiro atoms. The first kappa shape index (κ1) is 11.7. The summed E-state index contributed by atoms with van der Waals surface area (Å²) in [5, 5.41) is 4.98. The fraction of sp³-hybridized carbons (Fsp3) is 0.889. The third-order valence-corrected chi connectivity index (χ3v) is 3.76. The van der Waals surface area contributed by atoms with Crippen LogP contribution in [0.3, 0.4) is 0 Å². The summed E-state index contributed by atoms with van der Waals surface area (Å²) in [6, 6.07) is 0. The summed E-state index contributed by atoms with van der Waals surface area (Å²) in [6.45, 7) is 1.57. The normalized spacial score (nSPS) is 28.7. The lowest BCUT2D eigenvalue weighted by molar-refractivity contribution is -0.122. The summed E-state index contributed by atoms with van der Waals surface area (Å²) in [5.41, 5.74) is 0. The Hall–Kier alpha value is -0.420. The van der Waals surface area contributed by atoms with E-state index in [9.17, 15) is 13.2 Å². The zero-order valence-corrected chi connectivity index (χ0v) is 9.22. The molecule has 0 aromatic carbocycles. The smallest absolute Gasteiger partial charge is 0.209 e. The van der Waals surface area contributed by atoms with Gasteiger partial charge in [0.2, 0.25) is 10.0 Å². The number of hydrogen-bond donors (Lipinski definition) is 1. The van der Waals surface area contributed by atoms with Crippen molar-refractivity contribution in [3.8, 4) is 0 Å². The summed E-state index contributed by atoms with van der Waals surface area (Å²) < 4.78 is 21.7. The molecule has 1 aliphatic carbocycles. The number of sulfonamides is 1. The van der Waals surface area contributed by atoms with E-state index in [-0.39, 0.29) is 23.4 Å². The van der Waals surface area contributed by atoms with Gasteiger partial charge in [0, 0.05) is 5.92 Å². The average Bonchev–Trinajstić information content (AvgIpc) is 2.01. The minimum atomic E-state index is -3.38. The summed E-state index contributed by atoms with van der Waals surface area (Å²) in [4.78, 5) is 11.1. The van der Waals surface area contributed by atoms with Crippen LogP contribution in [0.15, 0.2) is 0 Å². The van der Waals surface area contributed by atoms with Gasteiger partial charge in [-0.1, -0.05) is 6.42 Å². The van der Waals surface area contributed by atoms with Gasteiger partial charge in [0.15, 0.2) is 0 Å². The molecule has 0 amide bonds. The van der Waals surface area contributed by atoms with Crippen molar-refractivity contribution in [2.24, 2.45) is 17.0 Å². The Morgan fingerprint density at radius 1 is 1.43 bits per heavy atom. The van der Waals surface area contributed by atoms with Gasteiger partial charge in [0.05, 0.1) is 5.75 Å². The van der Waals surface area contributed by atoms with E-state index in [1.54, 1.807) is 6.92 Å². The first-order valence-corrected chi connectivity index (χ1v) is 6.61. The van der Waals surface area contributed by atoms with Crippen molar-refractivity contribution in [3.63, 3.8) is 0 Å². The number of hydrogen-bond acceptors (Lipinski definition) is 3. The molecule has 1 fully saturated rings. The van der Waals surface area contributed by atoms with Crippen LogP contribution in [0, 0.1) is 11.8 Å². The molecule has 0 aromatic rings. The highest BCUT2D eigenvalue weighted by Gasteiger charge is 2.27. The monoisotopic (exact) mass is 219 g/mol. The second-order valence-corrected chi connectivity index (χ2v) is 5.83. The number of Topliss-reactive ketones (excluding diaryl/α,β-unsaturated/α-hetero) is 1. The SMILES string of the molecule is CC(=O)C1CCCC(CS(N)(=O)=O)C1. The van der Waals surface area contributed by atoms with E-state index >= 15 is 0 Å². The Balaban J connectivity index is 2.52. The predicted octanol–water partition coefficient (Wildman–Crippen LogP) is 0.670. The molecule has 1 aliphatic rings. The highest BCUT2D eigenvalue weighted by molar-refractivity contribution is 7.89. The fourth-order valence-corrected chi connectivity index (χ4v) is 3.10. The molecule has 82 valence electrons. The van der Waals surface area contributed by atoms with E-state index in [1.807, 2.05) is 0 Å². The van der Waals surface area contributed by atoms with Gasteiger partial charge in [-0.25, -0.2) is 13.6 Å². The molecule has 2 atom stereocenters. The predicted molar refractivity (Wildman–Crippen MR) is 54.1 cm³/mol. The topological polar surface area (TPSA) is 77.2 Å². The number of ketones is 1. The molecule has 14 heavy (non-hydrogen) atoms. The molecule has 1 saturated carbocycles. The third kappa shape index (κ3) is 3.75. The van der Waals surface area contributed by atoms with E-state index in [0.29, 0.717) is 6.42 Å². The molecule has 0 aromatic heterocycles. The van der Waals surface area contributed by atoms with Gasteiger partial charge in [-0.3, -0.25) is 4.79 Å². The van der Waals surface area contributed by atoms with Crippen LogP contribution in [0.2, 0.25) is 0 Å². The van der Waals surface area contributed by atoms with Gasteiger partial charge in [-0.15, -0.1) is 0 Å². The van der Waals surface area contributed by atoms with Crippen LogP contribution in [0.1, 0.15) is 32.6 Å². The second kappa shape index (κ2) is 4.40. The minimum Gasteiger partial charge on any atom is -0.300 e.